The summed E-state index contributed by atoms with van der Waals surface area (Å²) in [7, 11) is 3.31. The van der Waals surface area contributed by atoms with Crippen LogP contribution in [0, 0.1) is 17.7 Å². The van der Waals surface area contributed by atoms with Crippen molar-refractivity contribution in [1.82, 2.24) is 44.8 Å². The van der Waals surface area contributed by atoms with Crippen molar-refractivity contribution in [2.45, 2.75) is 70.8 Å². The van der Waals surface area contributed by atoms with Gasteiger partial charge in [0.05, 0.1) is 35.2 Å². The molecule has 322 valence electrons. The van der Waals surface area contributed by atoms with Crippen molar-refractivity contribution < 1.29 is 23.5 Å². The maximum Gasteiger partial charge on any atom is 0.294 e. The number of carbonyl (C=O) groups excluding carboxylic acids is 3. The number of likely N-dealkylation sites (N-methyl/N-ethyl adjacent to an activating group) is 1. The van der Waals surface area contributed by atoms with E-state index in [2.05, 4.69) is 47.7 Å². The van der Waals surface area contributed by atoms with Gasteiger partial charge in [0.2, 0.25) is 17.8 Å². The number of nitrogens with one attached hydrogen (secondary N) is 3. The summed E-state index contributed by atoms with van der Waals surface area (Å²) in [6.07, 6.45) is 6.47. The minimum atomic E-state index is -0.577. The monoisotopic (exact) mass is 855 g/mol. The Balaban J connectivity index is 0.888. The molecule has 3 atom stereocenters. The van der Waals surface area contributed by atoms with Crippen LogP contribution >= 0.6 is 11.6 Å². The number of hydrogen-bond acceptors (Lipinski definition) is 12. The predicted molar refractivity (Wildman–Crippen MR) is 230 cm³/mol. The Labute approximate surface area is 357 Å². The summed E-state index contributed by atoms with van der Waals surface area (Å²) in [5, 5.41) is 14.4. The lowest BCUT2D eigenvalue weighted by Gasteiger charge is -2.41. The average Bonchev–Trinajstić information content (AvgIpc) is 3.55. The molecule has 3 aliphatic rings. The van der Waals surface area contributed by atoms with Crippen LogP contribution in [0.15, 0.2) is 41.5 Å². The van der Waals surface area contributed by atoms with Crippen LogP contribution in [0.25, 0.3) is 21.9 Å². The number of imide groups is 1. The first-order valence-electron chi connectivity index (χ1n) is 20.9. The second-order valence-corrected chi connectivity index (χ2v) is 17.2. The van der Waals surface area contributed by atoms with E-state index >= 15 is 4.39 Å². The zero-order valence-electron chi connectivity index (χ0n) is 35.0. The molecule has 0 spiro atoms. The number of amides is 3. The van der Waals surface area contributed by atoms with Crippen LogP contribution in [0.5, 0.6) is 5.75 Å². The van der Waals surface area contributed by atoms with E-state index in [0.29, 0.717) is 68.4 Å². The number of ether oxygens (including phenoxy) is 1. The topological polar surface area (TPSA) is 181 Å². The molecular weight excluding hydrogens is 805 g/mol. The fourth-order valence-electron chi connectivity index (χ4n) is 9.05. The predicted octanol–water partition coefficient (Wildman–Crippen LogP) is 5.18. The zero-order valence-corrected chi connectivity index (χ0v) is 35.8. The minimum absolute atomic E-state index is 0.0482. The first-order chi connectivity index (χ1) is 29.3. The molecular formula is C43H51ClFN11O5. The number of fused-ring (bicyclic) bond motifs is 2. The van der Waals surface area contributed by atoms with E-state index in [0.717, 1.165) is 57.5 Å². The van der Waals surface area contributed by atoms with E-state index in [1.165, 1.54) is 17.7 Å². The van der Waals surface area contributed by atoms with Crippen LogP contribution in [0.1, 0.15) is 82.0 Å². The Kier molecular flexibility index (Phi) is 12.0. The number of carbonyl (C=O) groups is 3. The van der Waals surface area contributed by atoms with Gasteiger partial charge < -0.3 is 25.2 Å². The fraction of sp³-hybridized carbons (Fsp3) is 0.488. The lowest BCUT2D eigenvalue weighted by molar-refractivity contribution is -0.134. The number of rotatable bonds is 11. The van der Waals surface area contributed by atoms with Crippen molar-refractivity contribution in [2.24, 2.45) is 18.9 Å². The molecule has 61 heavy (non-hydrogen) atoms. The number of pyridine rings is 2. The molecule has 0 bridgehead atoms. The van der Waals surface area contributed by atoms with Crippen LogP contribution in [0.4, 0.5) is 21.8 Å². The Morgan fingerprint density at radius 1 is 1.05 bits per heavy atom. The Morgan fingerprint density at radius 2 is 1.84 bits per heavy atom. The van der Waals surface area contributed by atoms with Crippen molar-refractivity contribution in [3.05, 3.63) is 69.1 Å². The van der Waals surface area contributed by atoms with E-state index in [9.17, 15) is 19.2 Å². The minimum Gasteiger partial charge on any atom is -0.478 e. The lowest BCUT2D eigenvalue weighted by atomic mass is 9.84. The summed E-state index contributed by atoms with van der Waals surface area (Å²) in [6.45, 7) is 10.0. The largest absolute Gasteiger partial charge is 0.478 e. The third kappa shape index (κ3) is 8.62. The molecule has 8 rings (SSSR count). The van der Waals surface area contributed by atoms with Crippen LogP contribution < -0.4 is 31.1 Å². The maximum atomic E-state index is 15.8. The third-order valence-electron chi connectivity index (χ3n) is 12.4. The Hall–Kier alpha value is -5.68. The highest BCUT2D eigenvalue weighted by Crippen LogP contribution is 2.37. The smallest absolute Gasteiger partial charge is 0.294 e. The van der Waals surface area contributed by atoms with Crippen LogP contribution in [0.2, 0.25) is 5.02 Å². The molecule has 5 aromatic rings. The fourth-order valence-corrected chi connectivity index (χ4v) is 9.19. The van der Waals surface area contributed by atoms with Gasteiger partial charge >= 0.3 is 0 Å². The molecule has 3 aliphatic heterocycles. The van der Waals surface area contributed by atoms with Crippen molar-refractivity contribution in [1.29, 1.82) is 0 Å². The van der Waals surface area contributed by atoms with Gasteiger partial charge in [0, 0.05) is 57.0 Å². The van der Waals surface area contributed by atoms with Gasteiger partial charge in [0.25, 0.3) is 11.5 Å². The Morgan fingerprint density at radius 3 is 2.56 bits per heavy atom. The summed E-state index contributed by atoms with van der Waals surface area (Å²) in [6, 6.07) is 6.64. The van der Waals surface area contributed by atoms with Crippen LogP contribution in [-0.4, -0.2) is 98.3 Å². The summed E-state index contributed by atoms with van der Waals surface area (Å²) in [4.78, 5) is 68.1. The van der Waals surface area contributed by atoms with Gasteiger partial charge in [-0.3, -0.25) is 33.7 Å². The normalized spacial score (nSPS) is 20.4. The van der Waals surface area contributed by atoms with E-state index in [-0.39, 0.29) is 59.8 Å². The molecule has 0 radical (unpaired) electrons. The number of anilines is 3. The highest BCUT2D eigenvalue weighted by atomic mass is 35.5. The van der Waals surface area contributed by atoms with E-state index in [1.54, 1.807) is 23.1 Å². The number of benzene rings is 1. The highest BCUT2D eigenvalue weighted by molar-refractivity contribution is 6.33. The summed E-state index contributed by atoms with van der Waals surface area (Å²) in [5.41, 5.74) is 2.70. The third-order valence-corrected chi connectivity index (χ3v) is 12.7. The molecule has 0 saturated carbocycles. The first-order valence-corrected chi connectivity index (χ1v) is 21.3. The SMILES string of the molecule is CNC(=O)COc1cc2cc(Nc3nc(N4CC[C@H](CN5CCC(c6cc7c(cc6F)c(C6CCC(=O)NC6=O)nn7C)CC5)[C@H](C)C4)ncc3Cl)cnc2n(C(C)C)c1=O. The summed E-state index contributed by atoms with van der Waals surface area (Å²) in [5.74, 6) is 0.0946. The molecule has 0 aliphatic carbocycles. The van der Waals surface area contributed by atoms with Crippen molar-refractivity contribution in [3.8, 4) is 5.75 Å². The maximum absolute atomic E-state index is 15.8. The first kappa shape index (κ1) is 42.0. The van der Waals surface area contributed by atoms with E-state index in [1.807, 2.05) is 33.0 Å². The van der Waals surface area contributed by atoms with Gasteiger partial charge in [-0.05, 0) is 100 Å². The number of halogens is 2. The molecule has 3 saturated heterocycles. The van der Waals surface area contributed by atoms with Crippen LogP contribution in [-0.2, 0) is 21.4 Å². The summed E-state index contributed by atoms with van der Waals surface area (Å²) >= 11 is 6.61. The van der Waals surface area contributed by atoms with E-state index in [4.69, 9.17) is 21.3 Å². The molecule has 4 aromatic heterocycles. The quantitative estimate of drug-likeness (QED) is 0.149. The van der Waals surface area contributed by atoms with Crippen molar-refractivity contribution >= 4 is 68.7 Å². The van der Waals surface area contributed by atoms with Crippen molar-refractivity contribution in [2.75, 3.05) is 56.6 Å². The molecule has 1 unspecified atom stereocenters. The standard InChI is InChI=1S/C43H51ClFN11O5/c1-23(2)56-40-27(15-35(42(56)60)61-22-37(58)46-4)14-28(18-47-40)49-39-32(44)19-48-43(51-39)55-13-10-26(24(3)20-55)21-54-11-8-25(9-12-54)30-17-34-31(16-33(30)45)38(52-53(34)5)29-6-7-36(57)50-41(29)59/h14-19,23-26,29H,6-13,20-22H2,1-5H3,(H,46,58)(H,48,49,51)(H,50,57,59)/t24-,26-,29?/m1/s1. The van der Waals surface area contributed by atoms with Gasteiger partial charge in [-0.15, -0.1) is 0 Å². The number of nitrogens with zero attached hydrogens (tertiary/aromatic N) is 8. The average molecular weight is 856 g/mol. The number of piperidine rings is 3. The van der Waals surface area contributed by atoms with Gasteiger partial charge in [-0.1, -0.05) is 18.5 Å². The molecule has 3 fully saturated rings. The number of aryl methyl sites for hydroxylation is 1. The van der Waals surface area contributed by atoms with Gasteiger partial charge in [0.1, 0.15) is 16.5 Å². The summed E-state index contributed by atoms with van der Waals surface area (Å²) < 4.78 is 24.6. The van der Waals surface area contributed by atoms with Crippen LogP contribution in [0.3, 0.4) is 0 Å². The number of aromatic nitrogens is 6. The van der Waals surface area contributed by atoms with E-state index < -0.39 is 5.92 Å². The van der Waals surface area contributed by atoms with Crippen molar-refractivity contribution in [3.63, 3.8) is 0 Å². The molecule has 16 nitrogen and oxygen atoms in total. The zero-order chi connectivity index (χ0) is 43.1. The second kappa shape index (κ2) is 17.4. The lowest BCUT2D eigenvalue weighted by Crippen LogP contribution is -2.45. The van der Waals surface area contributed by atoms with Gasteiger partial charge in [-0.2, -0.15) is 10.1 Å². The molecule has 7 heterocycles. The molecule has 1 aromatic carbocycles. The second-order valence-electron chi connectivity index (χ2n) is 16.8. The highest BCUT2D eigenvalue weighted by Gasteiger charge is 2.34. The number of likely N-dealkylation sites (tertiary alicyclic amines) is 1. The molecule has 18 heteroatoms. The molecule has 3 N–H and O–H groups in total. The molecule has 3 amide bonds. The van der Waals surface area contributed by atoms with Gasteiger partial charge in [-0.25, -0.2) is 14.4 Å². The van der Waals surface area contributed by atoms with Gasteiger partial charge in [0.15, 0.2) is 18.2 Å². The Bertz CT molecular complexity index is 2570. The number of hydrogen-bond donors (Lipinski definition) is 3.